The molecular formula is C17H21N5O2. The minimum absolute atomic E-state index is 0.0742. The average Bonchev–Trinajstić information content (AvgIpc) is 3.14. The van der Waals surface area contributed by atoms with E-state index in [1.165, 1.54) is 0 Å². The predicted octanol–water partition coefficient (Wildman–Crippen LogP) is 2.86. The SMILES string of the molecule is CC(C)(C)OC(=O)N1CCC(Nc2c(C#N)cnc3[nH]ccc23)C1. The van der Waals surface area contributed by atoms with Gasteiger partial charge >= 0.3 is 6.09 Å². The molecular weight excluding hydrogens is 306 g/mol. The van der Waals surface area contributed by atoms with E-state index in [4.69, 9.17) is 4.74 Å². The van der Waals surface area contributed by atoms with E-state index in [1.807, 2.05) is 26.8 Å². The minimum atomic E-state index is -0.501. The van der Waals surface area contributed by atoms with Crippen LogP contribution >= 0.6 is 0 Å². The number of anilines is 1. The van der Waals surface area contributed by atoms with E-state index in [0.29, 0.717) is 18.7 Å². The van der Waals surface area contributed by atoms with Gasteiger partial charge in [0.05, 0.1) is 11.3 Å². The van der Waals surface area contributed by atoms with Crippen LogP contribution in [0.1, 0.15) is 32.8 Å². The molecule has 0 aliphatic carbocycles. The Morgan fingerprint density at radius 2 is 2.33 bits per heavy atom. The maximum absolute atomic E-state index is 12.2. The first-order valence-electron chi connectivity index (χ1n) is 7.98. The van der Waals surface area contributed by atoms with Crippen LogP contribution in [-0.2, 0) is 4.74 Å². The molecule has 126 valence electrons. The fourth-order valence-electron chi connectivity index (χ4n) is 2.82. The fourth-order valence-corrected chi connectivity index (χ4v) is 2.82. The van der Waals surface area contributed by atoms with Crippen LogP contribution in [0.2, 0.25) is 0 Å². The number of nitrogens with one attached hydrogen (secondary N) is 2. The number of hydrogen-bond donors (Lipinski definition) is 2. The molecule has 2 aromatic heterocycles. The highest BCUT2D eigenvalue weighted by Gasteiger charge is 2.30. The zero-order chi connectivity index (χ0) is 17.3. The number of pyridine rings is 1. The van der Waals surface area contributed by atoms with Crippen LogP contribution in [-0.4, -0.2) is 45.7 Å². The third kappa shape index (κ3) is 3.27. The van der Waals surface area contributed by atoms with Crippen LogP contribution < -0.4 is 5.32 Å². The fraction of sp³-hybridized carbons (Fsp3) is 0.471. The molecule has 1 saturated heterocycles. The number of amides is 1. The molecule has 2 aromatic rings. The summed E-state index contributed by atoms with van der Waals surface area (Å²) in [5.41, 5.74) is 1.50. The van der Waals surface area contributed by atoms with Gasteiger partial charge in [-0.2, -0.15) is 5.26 Å². The summed E-state index contributed by atoms with van der Waals surface area (Å²) in [7, 11) is 0. The average molecular weight is 327 g/mol. The van der Waals surface area contributed by atoms with Crippen LogP contribution in [0, 0.1) is 11.3 Å². The molecule has 1 aliphatic rings. The number of aromatic nitrogens is 2. The van der Waals surface area contributed by atoms with Gasteiger partial charge in [-0.25, -0.2) is 9.78 Å². The number of carbonyl (C=O) groups excluding carboxylic acids is 1. The first-order valence-corrected chi connectivity index (χ1v) is 7.98. The minimum Gasteiger partial charge on any atom is -0.444 e. The molecule has 0 spiro atoms. The summed E-state index contributed by atoms with van der Waals surface area (Å²) in [6.45, 7) is 6.75. The van der Waals surface area contributed by atoms with Gasteiger partial charge in [0.2, 0.25) is 0 Å². The van der Waals surface area contributed by atoms with Crippen LogP contribution in [0.5, 0.6) is 0 Å². The molecule has 3 heterocycles. The molecule has 0 aromatic carbocycles. The Morgan fingerprint density at radius 1 is 1.54 bits per heavy atom. The molecule has 1 fully saturated rings. The molecule has 2 N–H and O–H groups in total. The summed E-state index contributed by atoms with van der Waals surface area (Å²) in [4.78, 5) is 21.1. The molecule has 0 bridgehead atoms. The van der Waals surface area contributed by atoms with Crippen LogP contribution in [0.3, 0.4) is 0 Å². The molecule has 1 atom stereocenters. The van der Waals surface area contributed by atoms with Crippen molar-refractivity contribution in [3.63, 3.8) is 0 Å². The number of carbonyl (C=O) groups is 1. The Kier molecular flexibility index (Phi) is 4.06. The summed E-state index contributed by atoms with van der Waals surface area (Å²) in [5, 5.41) is 13.6. The highest BCUT2D eigenvalue weighted by molar-refractivity contribution is 5.92. The third-order valence-electron chi connectivity index (χ3n) is 3.90. The summed E-state index contributed by atoms with van der Waals surface area (Å²) in [6.07, 6.45) is 3.86. The Morgan fingerprint density at radius 3 is 3.04 bits per heavy atom. The summed E-state index contributed by atoms with van der Waals surface area (Å²) in [5.74, 6) is 0. The second kappa shape index (κ2) is 6.04. The molecule has 3 rings (SSSR count). The standard InChI is InChI=1S/C17H21N5O2/c1-17(2,3)24-16(23)22-7-5-12(10-22)21-14-11(8-18)9-20-15-13(14)4-6-19-15/h4,6,9,12H,5,7,10H2,1-3H3,(H2,19,20,21). The molecule has 1 amide bonds. The number of H-pyrrole nitrogens is 1. The van der Waals surface area contributed by atoms with Gasteiger partial charge < -0.3 is 19.9 Å². The maximum atomic E-state index is 12.2. The van der Waals surface area contributed by atoms with Crippen molar-refractivity contribution in [3.8, 4) is 6.07 Å². The van der Waals surface area contributed by atoms with Crippen molar-refractivity contribution in [1.29, 1.82) is 5.26 Å². The first-order chi connectivity index (χ1) is 11.4. The normalized spacial score (nSPS) is 17.8. The number of nitriles is 1. The summed E-state index contributed by atoms with van der Waals surface area (Å²) in [6, 6.07) is 4.14. The van der Waals surface area contributed by atoms with Crippen molar-refractivity contribution in [2.45, 2.75) is 38.8 Å². The van der Waals surface area contributed by atoms with Crippen molar-refractivity contribution >= 4 is 22.8 Å². The largest absolute Gasteiger partial charge is 0.444 e. The van der Waals surface area contributed by atoms with Gasteiger partial charge in [-0.05, 0) is 33.3 Å². The number of nitrogens with zero attached hydrogens (tertiary/aromatic N) is 3. The lowest BCUT2D eigenvalue weighted by atomic mass is 10.1. The number of rotatable bonds is 2. The molecule has 0 saturated carbocycles. The zero-order valence-corrected chi connectivity index (χ0v) is 14.1. The van der Waals surface area contributed by atoms with Crippen LogP contribution in [0.15, 0.2) is 18.5 Å². The van der Waals surface area contributed by atoms with Crippen molar-refractivity contribution in [2.75, 3.05) is 18.4 Å². The van der Waals surface area contributed by atoms with Crippen LogP contribution in [0.4, 0.5) is 10.5 Å². The summed E-state index contributed by atoms with van der Waals surface area (Å²) >= 11 is 0. The second-order valence-electron chi connectivity index (χ2n) is 6.95. The van der Waals surface area contributed by atoms with Gasteiger partial charge in [0, 0.05) is 36.9 Å². The van der Waals surface area contributed by atoms with E-state index in [2.05, 4.69) is 21.4 Å². The third-order valence-corrected chi connectivity index (χ3v) is 3.90. The molecule has 1 unspecified atom stereocenters. The van der Waals surface area contributed by atoms with E-state index in [-0.39, 0.29) is 12.1 Å². The smallest absolute Gasteiger partial charge is 0.410 e. The van der Waals surface area contributed by atoms with E-state index < -0.39 is 5.60 Å². The summed E-state index contributed by atoms with van der Waals surface area (Å²) < 4.78 is 5.41. The van der Waals surface area contributed by atoms with E-state index in [0.717, 1.165) is 23.1 Å². The number of fused-ring (bicyclic) bond motifs is 1. The molecule has 24 heavy (non-hydrogen) atoms. The van der Waals surface area contributed by atoms with Crippen LogP contribution in [0.25, 0.3) is 11.0 Å². The van der Waals surface area contributed by atoms with Crippen molar-refractivity contribution in [2.24, 2.45) is 0 Å². The molecule has 7 nitrogen and oxygen atoms in total. The number of ether oxygens (including phenoxy) is 1. The Hall–Kier alpha value is -2.75. The Labute approximate surface area is 140 Å². The first kappa shape index (κ1) is 16.1. The lowest BCUT2D eigenvalue weighted by Crippen LogP contribution is -2.36. The quantitative estimate of drug-likeness (QED) is 0.884. The van der Waals surface area contributed by atoms with Crippen molar-refractivity contribution < 1.29 is 9.53 Å². The Balaban J connectivity index is 1.73. The lowest BCUT2D eigenvalue weighted by Gasteiger charge is -2.24. The topological polar surface area (TPSA) is 94.0 Å². The van der Waals surface area contributed by atoms with Gasteiger partial charge in [-0.3, -0.25) is 0 Å². The van der Waals surface area contributed by atoms with Gasteiger partial charge in [-0.15, -0.1) is 0 Å². The van der Waals surface area contributed by atoms with Gasteiger partial charge in [0.15, 0.2) is 0 Å². The van der Waals surface area contributed by atoms with Crippen molar-refractivity contribution in [3.05, 3.63) is 24.0 Å². The number of aromatic amines is 1. The highest BCUT2D eigenvalue weighted by Crippen LogP contribution is 2.27. The highest BCUT2D eigenvalue weighted by atomic mass is 16.6. The monoisotopic (exact) mass is 327 g/mol. The number of hydrogen-bond acceptors (Lipinski definition) is 5. The molecule has 7 heteroatoms. The zero-order valence-electron chi connectivity index (χ0n) is 14.1. The molecule has 0 radical (unpaired) electrons. The lowest BCUT2D eigenvalue weighted by molar-refractivity contribution is 0.0293. The van der Waals surface area contributed by atoms with E-state index in [1.54, 1.807) is 17.3 Å². The van der Waals surface area contributed by atoms with Gasteiger partial charge in [-0.1, -0.05) is 0 Å². The Bertz CT molecular complexity index is 799. The van der Waals surface area contributed by atoms with Crippen molar-refractivity contribution in [1.82, 2.24) is 14.9 Å². The molecule has 1 aliphatic heterocycles. The van der Waals surface area contributed by atoms with Gasteiger partial charge in [0.1, 0.15) is 17.3 Å². The van der Waals surface area contributed by atoms with E-state index in [9.17, 15) is 10.1 Å². The predicted molar refractivity (Wildman–Crippen MR) is 90.6 cm³/mol. The van der Waals surface area contributed by atoms with Gasteiger partial charge in [0.25, 0.3) is 0 Å². The number of likely N-dealkylation sites (tertiary alicyclic amines) is 1. The van der Waals surface area contributed by atoms with E-state index >= 15 is 0 Å². The second-order valence-corrected chi connectivity index (χ2v) is 6.95. The maximum Gasteiger partial charge on any atom is 0.410 e.